The van der Waals surface area contributed by atoms with E-state index < -0.39 is 0 Å². The van der Waals surface area contributed by atoms with E-state index in [1.807, 2.05) is 4.90 Å². The Morgan fingerprint density at radius 1 is 1.21 bits per heavy atom. The van der Waals surface area contributed by atoms with Crippen LogP contribution in [0.25, 0.3) is 10.9 Å². The number of hydrogen-bond acceptors (Lipinski definition) is 4. The number of likely N-dealkylation sites (tertiary alicyclic amines) is 1. The van der Waals surface area contributed by atoms with Crippen LogP contribution in [0.15, 0.2) is 24.4 Å². The number of carbonyl (C=O) groups excluding carboxylic acids is 2. The van der Waals surface area contributed by atoms with Gasteiger partial charge in [-0.1, -0.05) is 0 Å². The summed E-state index contributed by atoms with van der Waals surface area (Å²) < 4.78 is 15.7. The standard InChI is InChI=1S/C24H26FN5O3/c1-14-16-10-20(27-19(16)3-2-18(14)25)23(33)28-8-9-30-21(13-28)17(12-26-30)22(32)29-7-4-15(31)11-24(29)5-6-24/h2-3,10,12,15,27,31H,4-9,11,13H2,1H3. The number of benzene rings is 1. The average molecular weight is 452 g/mol. The van der Waals surface area contributed by atoms with Gasteiger partial charge in [0.25, 0.3) is 11.8 Å². The molecule has 1 saturated heterocycles. The summed E-state index contributed by atoms with van der Waals surface area (Å²) in [5.74, 6) is -0.549. The van der Waals surface area contributed by atoms with Crippen LogP contribution < -0.4 is 0 Å². The van der Waals surface area contributed by atoms with Crippen molar-refractivity contribution < 1.29 is 19.1 Å². The van der Waals surface area contributed by atoms with Crippen LogP contribution in [-0.4, -0.2) is 66.2 Å². The largest absolute Gasteiger partial charge is 0.393 e. The maximum Gasteiger partial charge on any atom is 0.270 e. The number of piperidine rings is 1. The first-order chi connectivity index (χ1) is 15.9. The van der Waals surface area contributed by atoms with Gasteiger partial charge in [-0.3, -0.25) is 14.3 Å². The van der Waals surface area contributed by atoms with E-state index in [2.05, 4.69) is 10.1 Å². The van der Waals surface area contributed by atoms with Gasteiger partial charge in [0.15, 0.2) is 0 Å². The molecule has 1 saturated carbocycles. The Bertz CT molecular complexity index is 1290. The number of hydrogen-bond donors (Lipinski definition) is 2. The van der Waals surface area contributed by atoms with E-state index in [0.29, 0.717) is 54.7 Å². The molecule has 2 fully saturated rings. The Morgan fingerprint density at radius 3 is 2.82 bits per heavy atom. The van der Waals surface area contributed by atoms with Crippen molar-refractivity contribution in [1.82, 2.24) is 24.6 Å². The first-order valence-corrected chi connectivity index (χ1v) is 11.5. The van der Waals surface area contributed by atoms with Gasteiger partial charge < -0.3 is 19.9 Å². The van der Waals surface area contributed by atoms with Crippen molar-refractivity contribution >= 4 is 22.7 Å². The van der Waals surface area contributed by atoms with Crippen molar-refractivity contribution in [1.29, 1.82) is 0 Å². The molecular weight excluding hydrogens is 425 g/mol. The Labute approximate surface area is 190 Å². The topological polar surface area (TPSA) is 94.5 Å². The molecule has 0 bridgehead atoms. The van der Waals surface area contributed by atoms with Crippen molar-refractivity contribution in [2.24, 2.45) is 0 Å². The van der Waals surface area contributed by atoms with Gasteiger partial charge in [-0.2, -0.15) is 5.10 Å². The third-order valence-electron chi connectivity index (χ3n) is 7.57. The maximum atomic E-state index is 13.9. The van der Waals surface area contributed by atoms with E-state index in [-0.39, 0.29) is 35.8 Å². The monoisotopic (exact) mass is 451 g/mol. The van der Waals surface area contributed by atoms with Gasteiger partial charge in [0.2, 0.25) is 0 Å². The summed E-state index contributed by atoms with van der Waals surface area (Å²) in [7, 11) is 0. The van der Waals surface area contributed by atoms with Gasteiger partial charge in [-0.15, -0.1) is 0 Å². The minimum atomic E-state index is -0.348. The fraction of sp³-hybridized carbons (Fsp3) is 0.458. The number of rotatable bonds is 2. The number of nitrogens with zero attached hydrogens (tertiary/aromatic N) is 4. The summed E-state index contributed by atoms with van der Waals surface area (Å²) in [6, 6.07) is 4.73. The van der Waals surface area contributed by atoms with Gasteiger partial charge in [0.1, 0.15) is 11.5 Å². The zero-order valence-corrected chi connectivity index (χ0v) is 18.5. The number of nitrogens with one attached hydrogen (secondary N) is 1. The molecule has 9 heteroatoms. The van der Waals surface area contributed by atoms with Gasteiger partial charge in [0.05, 0.1) is 36.6 Å². The SMILES string of the molecule is Cc1c(F)ccc2[nH]c(C(=O)N3CCn4ncc(C(=O)N5CCC(O)CC56CC6)c4C3)cc12. The summed E-state index contributed by atoms with van der Waals surface area (Å²) in [6.45, 7) is 3.50. The van der Waals surface area contributed by atoms with Crippen molar-refractivity contribution in [3.05, 3.63) is 52.7 Å². The third kappa shape index (κ3) is 3.17. The summed E-state index contributed by atoms with van der Waals surface area (Å²) in [5.41, 5.74) is 2.68. The Morgan fingerprint density at radius 2 is 2.03 bits per heavy atom. The highest BCUT2D eigenvalue weighted by molar-refractivity contribution is 5.99. The molecule has 1 aromatic carbocycles. The Balaban J connectivity index is 1.26. The molecule has 1 spiro atoms. The molecule has 1 atom stereocenters. The lowest BCUT2D eigenvalue weighted by atomic mass is 9.96. The minimum absolute atomic E-state index is 0.0633. The molecule has 1 unspecified atom stereocenters. The molecule has 3 aliphatic rings. The zero-order chi connectivity index (χ0) is 22.9. The Hall–Kier alpha value is -3.20. The van der Waals surface area contributed by atoms with Crippen LogP contribution in [0.3, 0.4) is 0 Å². The number of amides is 2. The van der Waals surface area contributed by atoms with Crippen LogP contribution in [0.5, 0.6) is 0 Å². The fourth-order valence-electron chi connectivity index (χ4n) is 5.45. The van der Waals surface area contributed by atoms with Crippen molar-refractivity contribution in [2.45, 2.75) is 57.3 Å². The molecule has 4 heterocycles. The van der Waals surface area contributed by atoms with Gasteiger partial charge in [-0.25, -0.2) is 4.39 Å². The summed E-state index contributed by atoms with van der Waals surface area (Å²) in [5, 5.41) is 15.2. The molecule has 3 aromatic rings. The maximum absolute atomic E-state index is 13.9. The number of aliphatic hydroxyl groups excluding tert-OH is 1. The first-order valence-electron chi connectivity index (χ1n) is 11.5. The van der Waals surface area contributed by atoms with Gasteiger partial charge in [0, 0.05) is 29.5 Å². The normalized spacial score (nSPS) is 21.5. The lowest BCUT2D eigenvalue weighted by molar-refractivity contribution is 0.0246. The van der Waals surface area contributed by atoms with E-state index >= 15 is 0 Å². The number of H-pyrrole nitrogens is 1. The molecule has 8 nitrogen and oxygen atoms in total. The van der Waals surface area contributed by atoms with Crippen LogP contribution in [-0.2, 0) is 13.1 Å². The van der Waals surface area contributed by atoms with Crippen LogP contribution in [0.4, 0.5) is 4.39 Å². The lowest BCUT2D eigenvalue weighted by Gasteiger charge is -2.39. The predicted molar refractivity (Wildman–Crippen MR) is 118 cm³/mol. The molecule has 172 valence electrons. The second kappa shape index (κ2) is 7.15. The molecule has 33 heavy (non-hydrogen) atoms. The molecule has 0 radical (unpaired) electrons. The van der Waals surface area contributed by atoms with Crippen LogP contribution >= 0.6 is 0 Å². The van der Waals surface area contributed by atoms with Gasteiger partial charge in [-0.05, 0) is 56.4 Å². The number of halogens is 1. The molecule has 2 aliphatic heterocycles. The molecule has 2 N–H and O–H groups in total. The fourth-order valence-corrected chi connectivity index (χ4v) is 5.45. The van der Waals surface area contributed by atoms with Crippen molar-refractivity contribution in [3.63, 3.8) is 0 Å². The number of aromatic nitrogens is 3. The molecule has 2 aromatic heterocycles. The van der Waals surface area contributed by atoms with E-state index in [1.54, 1.807) is 34.8 Å². The first kappa shape index (κ1) is 20.4. The molecular formula is C24H26FN5O3. The van der Waals surface area contributed by atoms with E-state index in [0.717, 1.165) is 24.1 Å². The van der Waals surface area contributed by atoms with E-state index in [9.17, 15) is 19.1 Å². The minimum Gasteiger partial charge on any atom is -0.393 e. The van der Waals surface area contributed by atoms with Crippen LogP contribution in [0, 0.1) is 12.7 Å². The Kier molecular flexibility index (Phi) is 4.42. The summed E-state index contributed by atoms with van der Waals surface area (Å²) >= 11 is 0. The number of aliphatic hydroxyl groups is 1. The number of fused-ring (bicyclic) bond motifs is 2. The highest BCUT2D eigenvalue weighted by Crippen LogP contribution is 2.49. The molecule has 1 aliphatic carbocycles. The molecule has 6 rings (SSSR count). The van der Waals surface area contributed by atoms with E-state index in [1.165, 1.54) is 6.07 Å². The second-order valence-corrected chi connectivity index (χ2v) is 9.60. The molecule has 2 amide bonds. The van der Waals surface area contributed by atoms with Crippen LogP contribution in [0.1, 0.15) is 57.8 Å². The zero-order valence-electron chi connectivity index (χ0n) is 18.5. The number of carbonyl (C=O) groups is 2. The number of aromatic amines is 1. The highest BCUT2D eigenvalue weighted by Gasteiger charge is 2.53. The quantitative estimate of drug-likeness (QED) is 0.626. The van der Waals surface area contributed by atoms with Crippen LogP contribution in [0.2, 0.25) is 0 Å². The van der Waals surface area contributed by atoms with Crippen molar-refractivity contribution in [2.75, 3.05) is 13.1 Å². The van der Waals surface area contributed by atoms with Gasteiger partial charge >= 0.3 is 0 Å². The second-order valence-electron chi connectivity index (χ2n) is 9.60. The summed E-state index contributed by atoms with van der Waals surface area (Å²) in [4.78, 5) is 33.5. The van der Waals surface area contributed by atoms with E-state index in [4.69, 9.17) is 0 Å². The average Bonchev–Trinajstić information content (AvgIpc) is 3.24. The van der Waals surface area contributed by atoms with Crippen molar-refractivity contribution in [3.8, 4) is 0 Å². The number of aryl methyl sites for hydroxylation is 1. The third-order valence-corrected chi connectivity index (χ3v) is 7.57. The smallest absolute Gasteiger partial charge is 0.270 e. The predicted octanol–water partition coefficient (Wildman–Crippen LogP) is 2.60. The lowest BCUT2D eigenvalue weighted by Crippen LogP contribution is -2.49. The highest BCUT2D eigenvalue weighted by atomic mass is 19.1. The summed E-state index contributed by atoms with van der Waals surface area (Å²) in [6.07, 6.45) is 4.32.